The van der Waals surface area contributed by atoms with E-state index in [0.717, 1.165) is 57.7 Å². The van der Waals surface area contributed by atoms with Crippen LogP contribution in [0.3, 0.4) is 0 Å². The molecule has 7 N–H and O–H groups in total. The van der Waals surface area contributed by atoms with Crippen LogP contribution in [0.4, 0.5) is 28.4 Å². The molecular weight excluding hydrogens is 991 g/mol. The number of sulfone groups is 2. The van der Waals surface area contributed by atoms with Crippen LogP contribution in [0.1, 0.15) is 0 Å². The van der Waals surface area contributed by atoms with Crippen LogP contribution in [-0.4, -0.2) is 112 Å². The standard InChI is InChI=1S/C30H33N5O23S6/c1-49-18-13-23(61(39,40)7-5-53-60-58-56-38)20(51-3)11-16(18)32-34-28-22(59-57-55-37)9-15-10-25(63(43,44)45)29(27(31)26(15)30(28)36)35-33-17-12-21(52-4)24(14-19(17)50-2)62(41,42)8-6-54-64(46,47)48/h9-14,36-38H,5-8,31H2,1-4H3,(H,43,44,45)(H,46,47,48). The lowest BCUT2D eigenvalue weighted by atomic mass is 10.1. The van der Waals surface area contributed by atoms with Crippen LogP contribution < -0.4 is 24.7 Å². The molecule has 0 unspecified atom stereocenters. The van der Waals surface area contributed by atoms with Gasteiger partial charge in [-0.25, -0.2) is 31.5 Å². The van der Waals surface area contributed by atoms with Crippen LogP contribution in [-0.2, 0) is 67.3 Å². The van der Waals surface area contributed by atoms with Crippen LogP contribution in [0.5, 0.6) is 28.7 Å². The lowest BCUT2D eigenvalue weighted by Gasteiger charge is -2.15. The Kier molecular flexibility index (Phi) is 17.8. The van der Waals surface area contributed by atoms with Gasteiger partial charge in [0.1, 0.15) is 60.4 Å². The minimum atomic E-state index is -5.23. The number of rotatable bonds is 24. The van der Waals surface area contributed by atoms with E-state index in [4.69, 9.17) is 43.9 Å². The molecule has 0 saturated carbocycles. The number of phenols is 1. The maximum Gasteiger partial charge on any atom is 0.397 e. The molecule has 0 saturated heterocycles. The number of benzene rings is 4. The lowest BCUT2D eigenvalue weighted by molar-refractivity contribution is -0.434. The van der Waals surface area contributed by atoms with Gasteiger partial charge >= 0.3 is 10.4 Å². The highest BCUT2D eigenvalue weighted by Crippen LogP contribution is 2.50. The summed E-state index contributed by atoms with van der Waals surface area (Å²) in [5.41, 5.74) is 3.93. The van der Waals surface area contributed by atoms with Crippen molar-refractivity contribution < 1.29 is 104 Å². The van der Waals surface area contributed by atoms with Crippen molar-refractivity contribution in [1.29, 1.82) is 0 Å². The lowest BCUT2D eigenvalue weighted by Crippen LogP contribution is -2.16. The molecule has 0 heterocycles. The first kappa shape index (κ1) is 51.9. The summed E-state index contributed by atoms with van der Waals surface area (Å²) in [6.07, 6.45) is 0. The highest BCUT2D eigenvalue weighted by atomic mass is 32.3. The summed E-state index contributed by atoms with van der Waals surface area (Å²) in [5, 5.41) is 51.1. The number of hydrogen-bond acceptors (Lipinski definition) is 28. The number of fused-ring (bicyclic) bond motifs is 1. The summed E-state index contributed by atoms with van der Waals surface area (Å²) in [7, 11) is -14.3. The van der Waals surface area contributed by atoms with Crippen molar-refractivity contribution in [2.45, 2.75) is 19.6 Å². The number of aromatic hydroxyl groups is 1. The maximum absolute atomic E-state index is 13.1. The van der Waals surface area contributed by atoms with Gasteiger partial charge in [0.25, 0.3) is 10.1 Å². The zero-order valence-corrected chi connectivity index (χ0v) is 37.6. The van der Waals surface area contributed by atoms with Crippen LogP contribution in [0.25, 0.3) is 10.8 Å². The van der Waals surface area contributed by atoms with Gasteiger partial charge in [0.05, 0.1) is 81.2 Å². The Morgan fingerprint density at radius 3 is 1.59 bits per heavy atom. The van der Waals surface area contributed by atoms with Crippen molar-refractivity contribution in [2.24, 2.45) is 20.5 Å². The zero-order valence-electron chi connectivity index (χ0n) is 32.7. The molecule has 0 aliphatic carbocycles. The molecule has 4 rings (SSSR count). The van der Waals surface area contributed by atoms with Gasteiger partial charge in [-0.2, -0.15) is 16.8 Å². The molecule has 352 valence electrons. The van der Waals surface area contributed by atoms with E-state index < -0.39 is 103 Å². The number of nitrogen functional groups attached to an aromatic ring is 1. The smallest absolute Gasteiger partial charge is 0.397 e. The van der Waals surface area contributed by atoms with E-state index >= 15 is 0 Å². The highest BCUT2D eigenvalue weighted by Gasteiger charge is 2.28. The number of nitrogens with zero attached hydrogens (tertiary/aromatic N) is 4. The van der Waals surface area contributed by atoms with Gasteiger partial charge in [-0.3, -0.25) is 13.3 Å². The van der Waals surface area contributed by atoms with Gasteiger partial charge in [0.15, 0.2) is 37.7 Å². The third-order valence-corrected chi connectivity index (χ3v) is 13.7. The molecule has 64 heavy (non-hydrogen) atoms. The second kappa shape index (κ2) is 21.9. The number of nitrogens with two attached hydrogens (primary N) is 1. The molecule has 0 radical (unpaired) electrons. The van der Waals surface area contributed by atoms with E-state index in [9.17, 15) is 43.3 Å². The number of anilines is 1. The Labute approximate surface area is 370 Å². The van der Waals surface area contributed by atoms with Crippen molar-refractivity contribution >= 4 is 104 Å². The molecule has 0 bridgehead atoms. The predicted molar refractivity (Wildman–Crippen MR) is 218 cm³/mol. The first-order valence-electron chi connectivity index (χ1n) is 16.5. The largest absolute Gasteiger partial charge is 0.505 e. The average Bonchev–Trinajstić information content (AvgIpc) is 3.23. The monoisotopic (exact) mass is 1020 g/mol. The van der Waals surface area contributed by atoms with Gasteiger partial charge in [0.2, 0.25) is 0 Å². The Morgan fingerprint density at radius 1 is 0.625 bits per heavy atom. The van der Waals surface area contributed by atoms with Crippen molar-refractivity contribution in [2.75, 3.05) is 58.9 Å². The van der Waals surface area contributed by atoms with E-state index in [0.29, 0.717) is 0 Å². The summed E-state index contributed by atoms with van der Waals surface area (Å²) in [6.45, 7) is -1.42. The van der Waals surface area contributed by atoms with E-state index in [-0.39, 0.29) is 73.6 Å². The Balaban J connectivity index is 1.89. The number of phenolic OH excluding ortho intramolecular Hbond substituents is 1. The average molecular weight is 1020 g/mol. The van der Waals surface area contributed by atoms with Gasteiger partial charge in [-0.05, 0) is 17.5 Å². The zero-order chi connectivity index (χ0) is 47.6. The third-order valence-electron chi connectivity index (χ3n) is 7.99. The molecule has 28 nitrogen and oxygen atoms in total. The first-order chi connectivity index (χ1) is 30.1. The van der Waals surface area contributed by atoms with E-state index in [1.54, 1.807) is 0 Å². The number of hydrogen-bond donors (Lipinski definition) is 6. The molecule has 0 amide bonds. The van der Waals surface area contributed by atoms with Crippen molar-refractivity contribution in [3.63, 3.8) is 0 Å². The van der Waals surface area contributed by atoms with E-state index in [2.05, 4.69) is 43.4 Å². The van der Waals surface area contributed by atoms with Crippen molar-refractivity contribution in [3.05, 3.63) is 36.4 Å². The molecule has 0 aliphatic rings. The summed E-state index contributed by atoms with van der Waals surface area (Å²) in [5.74, 6) is -3.59. The van der Waals surface area contributed by atoms with Crippen LogP contribution in [0.2, 0.25) is 0 Å². The summed E-state index contributed by atoms with van der Waals surface area (Å²) in [6, 6.07) is 5.97. The minimum Gasteiger partial charge on any atom is -0.505 e. The molecule has 0 aromatic heterocycles. The fourth-order valence-electron chi connectivity index (χ4n) is 5.26. The quantitative estimate of drug-likeness (QED) is 0.0102. The number of ether oxygens (including phenoxy) is 4. The molecule has 34 heteroatoms. The van der Waals surface area contributed by atoms with Gasteiger partial charge in [-0.15, -0.1) is 29.1 Å². The molecule has 0 fully saturated rings. The first-order valence-corrected chi connectivity index (χ1v) is 24.0. The number of methoxy groups -OCH3 is 4. The number of azo groups is 2. The van der Waals surface area contributed by atoms with E-state index in [1.807, 2.05) is 0 Å². The summed E-state index contributed by atoms with van der Waals surface area (Å²) >= 11 is 0.377. The second-order valence-corrected chi connectivity index (χ2v) is 19.6. The predicted octanol–water partition coefficient (Wildman–Crippen LogP) is 5.04. The minimum absolute atomic E-state index is 0.157. The van der Waals surface area contributed by atoms with Crippen LogP contribution in [0, 0.1) is 0 Å². The van der Waals surface area contributed by atoms with Crippen LogP contribution >= 0.6 is 24.4 Å². The summed E-state index contributed by atoms with van der Waals surface area (Å²) < 4.78 is 157. The van der Waals surface area contributed by atoms with Gasteiger partial charge in [0, 0.05) is 24.3 Å². The topological polar surface area (TPSA) is 405 Å². The SMILES string of the molecule is COc1cc(S(=O)(=O)CCOS(=O)(=O)O)c(OC)cc1N=Nc1c(S(=O)(=O)O)cc2cc(SOOO)c(N=Nc3cc(OC)c(S(=O)(=O)CCOSOOO)cc3OC)c(O)c2c1N. The Bertz CT molecular complexity index is 2880. The third kappa shape index (κ3) is 12.7. The van der Waals surface area contributed by atoms with Gasteiger partial charge < -0.3 is 29.8 Å². The molecule has 0 aliphatic heterocycles. The van der Waals surface area contributed by atoms with Gasteiger partial charge in [-0.1, -0.05) is 10.1 Å². The normalized spacial score (nSPS) is 12.7. The highest BCUT2D eigenvalue weighted by molar-refractivity contribution is 7.94. The fraction of sp³-hybridized carbons (Fsp3) is 0.267. The Morgan fingerprint density at radius 2 is 1.12 bits per heavy atom. The Hall–Kier alpha value is -4.76. The van der Waals surface area contributed by atoms with E-state index in [1.165, 1.54) is 7.11 Å². The molecule has 0 atom stereocenters. The fourth-order valence-corrected chi connectivity index (χ4v) is 9.66. The molecular formula is C30H33N5O23S6. The second-order valence-electron chi connectivity index (χ2n) is 11.7. The molecule has 0 spiro atoms. The maximum atomic E-state index is 13.1. The van der Waals surface area contributed by atoms with Crippen LogP contribution in [0.15, 0.2) is 76.4 Å². The molecule has 4 aromatic rings. The van der Waals surface area contributed by atoms with Crippen molar-refractivity contribution in [1.82, 2.24) is 0 Å². The molecule has 4 aromatic carbocycles. The summed E-state index contributed by atoms with van der Waals surface area (Å²) in [4.78, 5) is -2.14. The van der Waals surface area contributed by atoms with Crippen molar-refractivity contribution in [3.8, 4) is 28.7 Å².